The number of nitrogens with one attached hydrogen (secondary N) is 1. The Morgan fingerprint density at radius 2 is 2.28 bits per heavy atom. The minimum atomic E-state index is -1.15. The van der Waals surface area contributed by atoms with E-state index in [9.17, 15) is 9.59 Å². The van der Waals surface area contributed by atoms with E-state index < -0.39 is 11.9 Å². The highest BCUT2D eigenvalue weighted by Gasteiger charge is 1.97. The zero-order chi connectivity index (χ0) is 13.2. The molecule has 6 nitrogen and oxygen atoms in total. The minimum absolute atomic E-state index is 0.403. The molecule has 1 aromatic heterocycles. The molecule has 0 bridgehead atoms. The van der Waals surface area contributed by atoms with Crippen LogP contribution in [-0.4, -0.2) is 30.1 Å². The van der Waals surface area contributed by atoms with Gasteiger partial charge in [0, 0.05) is 25.3 Å². The van der Waals surface area contributed by atoms with Crippen LogP contribution in [0.5, 0.6) is 0 Å². The van der Waals surface area contributed by atoms with Crippen LogP contribution < -0.4 is 5.32 Å². The van der Waals surface area contributed by atoms with Crippen LogP contribution in [0.15, 0.2) is 35.0 Å². The Kier molecular flexibility index (Phi) is 6.27. The lowest BCUT2D eigenvalue weighted by Gasteiger charge is -2.03. The van der Waals surface area contributed by atoms with Crippen LogP contribution in [0.25, 0.3) is 0 Å². The van der Waals surface area contributed by atoms with Gasteiger partial charge in [0.15, 0.2) is 0 Å². The number of hydrogen-bond donors (Lipinski definition) is 2. The average molecular weight is 253 g/mol. The van der Waals surface area contributed by atoms with Gasteiger partial charge in [-0.3, -0.25) is 4.79 Å². The van der Waals surface area contributed by atoms with Crippen molar-refractivity contribution in [3.63, 3.8) is 0 Å². The standard InChI is InChI=1S/C12H15NO5/c14-11(4-5-12(15)16)13-6-2-7-17-9-10-3-1-8-18-10/h1,3-5,8H,2,6-7,9H2,(H,13,14)(H,15,16)/b5-4+. The SMILES string of the molecule is O=C(O)/C=C/C(=O)NCCCOCc1ccco1. The predicted molar refractivity (Wildman–Crippen MR) is 62.8 cm³/mol. The normalized spacial score (nSPS) is 10.7. The van der Waals surface area contributed by atoms with Crippen molar-refractivity contribution in [3.05, 3.63) is 36.3 Å². The van der Waals surface area contributed by atoms with Crippen molar-refractivity contribution in [3.8, 4) is 0 Å². The fraction of sp³-hybridized carbons (Fsp3) is 0.333. The van der Waals surface area contributed by atoms with Gasteiger partial charge in [0.1, 0.15) is 12.4 Å². The molecule has 0 saturated carbocycles. The van der Waals surface area contributed by atoms with Gasteiger partial charge in [-0.25, -0.2) is 4.79 Å². The second kappa shape index (κ2) is 8.08. The number of carboxylic acids is 1. The Bertz CT molecular complexity index is 397. The van der Waals surface area contributed by atoms with Gasteiger partial charge in [0.25, 0.3) is 0 Å². The largest absolute Gasteiger partial charge is 0.478 e. The summed E-state index contributed by atoms with van der Waals surface area (Å²) in [7, 11) is 0. The Morgan fingerprint density at radius 3 is 2.94 bits per heavy atom. The third-order valence-corrected chi connectivity index (χ3v) is 1.97. The van der Waals surface area contributed by atoms with Gasteiger partial charge < -0.3 is 19.6 Å². The molecule has 0 aliphatic heterocycles. The topological polar surface area (TPSA) is 88.8 Å². The lowest BCUT2D eigenvalue weighted by Crippen LogP contribution is -2.23. The average Bonchev–Trinajstić information content (AvgIpc) is 2.84. The Morgan fingerprint density at radius 1 is 1.44 bits per heavy atom. The fourth-order valence-electron chi connectivity index (χ4n) is 1.16. The van der Waals surface area contributed by atoms with Gasteiger partial charge in [-0.15, -0.1) is 0 Å². The summed E-state index contributed by atoms with van der Waals surface area (Å²) in [4.78, 5) is 21.2. The zero-order valence-corrected chi connectivity index (χ0v) is 9.80. The van der Waals surface area contributed by atoms with E-state index in [1.54, 1.807) is 12.3 Å². The zero-order valence-electron chi connectivity index (χ0n) is 9.80. The van der Waals surface area contributed by atoms with E-state index in [1.165, 1.54) is 0 Å². The monoisotopic (exact) mass is 253 g/mol. The van der Waals surface area contributed by atoms with E-state index in [-0.39, 0.29) is 0 Å². The second-order valence-electron chi connectivity index (χ2n) is 3.45. The van der Waals surface area contributed by atoms with Crippen LogP contribution in [0.2, 0.25) is 0 Å². The van der Waals surface area contributed by atoms with Gasteiger partial charge in [-0.05, 0) is 18.6 Å². The first-order valence-corrected chi connectivity index (χ1v) is 5.47. The Labute approximate surface area is 104 Å². The van der Waals surface area contributed by atoms with Gasteiger partial charge in [-0.2, -0.15) is 0 Å². The summed E-state index contributed by atoms with van der Waals surface area (Å²) in [5.41, 5.74) is 0. The van der Waals surface area contributed by atoms with Crippen LogP contribution in [0, 0.1) is 0 Å². The molecule has 1 heterocycles. The first-order chi connectivity index (χ1) is 8.68. The summed E-state index contributed by atoms with van der Waals surface area (Å²) in [5, 5.41) is 10.8. The highest BCUT2D eigenvalue weighted by atomic mass is 16.5. The highest BCUT2D eigenvalue weighted by molar-refractivity contribution is 5.93. The molecule has 1 rings (SSSR count). The van der Waals surface area contributed by atoms with Crippen molar-refractivity contribution >= 4 is 11.9 Å². The molecule has 0 fully saturated rings. The number of carbonyl (C=O) groups excluding carboxylic acids is 1. The lowest BCUT2D eigenvalue weighted by molar-refractivity contribution is -0.131. The summed E-state index contributed by atoms with van der Waals surface area (Å²) in [6.45, 7) is 1.32. The van der Waals surface area contributed by atoms with E-state index in [0.717, 1.165) is 17.9 Å². The molecular weight excluding hydrogens is 238 g/mol. The van der Waals surface area contributed by atoms with Crippen LogP contribution in [0.3, 0.4) is 0 Å². The summed E-state index contributed by atoms with van der Waals surface area (Å²) >= 11 is 0. The molecule has 0 aliphatic carbocycles. The molecule has 0 radical (unpaired) electrons. The van der Waals surface area contributed by atoms with Crippen LogP contribution in [0.1, 0.15) is 12.2 Å². The smallest absolute Gasteiger partial charge is 0.328 e. The lowest BCUT2D eigenvalue weighted by atomic mass is 10.4. The number of carboxylic acid groups (broad SMARTS) is 1. The molecule has 2 N–H and O–H groups in total. The summed E-state index contributed by atoms with van der Waals surface area (Å²) in [6, 6.07) is 3.60. The molecule has 0 spiro atoms. The highest BCUT2D eigenvalue weighted by Crippen LogP contribution is 2.01. The molecular formula is C12H15NO5. The van der Waals surface area contributed by atoms with Gasteiger partial charge >= 0.3 is 5.97 Å². The second-order valence-corrected chi connectivity index (χ2v) is 3.45. The molecule has 0 atom stereocenters. The van der Waals surface area contributed by atoms with Gasteiger partial charge in [0.05, 0.1) is 6.26 Å². The molecule has 98 valence electrons. The van der Waals surface area contributed by atoms with E-state index in [4.69, 9.17) is 14.3 Å². The molecule has 1 amide bonds. The van der Waals surface area contributed by atoms with Crippen molar-refractivity contribution in [1.82, 2.24) is 5.32 Å². The fourth-order valence-corrected chi connectivity index (χ4v) is 1.16. The maximum absolute atomic E-state index is 11.0. The minimum Gasteiger partial charge on any atom is -0.478 e. The Hall–Kier alpha value is -2.08. The summed E-state index contributed by atoms with van der Waals surface area (Å²) < 4.78 is 10.4. The van der Waals surface area contributed by atoms with Crippen molar-refractivity contribution in [2.75, 3.05) is 13.2 Å². The van der Waals surface area contributed by atoms with Gasteiger partial charge in [-0.1, -0.05) is 0 Å². The van der Waals surface area contributed by atoms with E-state index in [0.29, 0.717) is 26.2 Å². The van der Waals surface area contributed by atoms with Crippen molar-refractivity contribution in [1.29, 1.82) is 0 Å². The van der Waals surface area contributed by atoms with Crippen molar-refractivity contribution in [2.45, 2.75) is 13.0 Å². The number of rotatable bonds is 8. The number of aliphatic carboxylic acids is 1. The molecule has 1 aromatic rings. The van der Waals surface area contributed by atoms with Crippen LogP contribution in [-0.2, 0) is 20.9 Å². The van der Waals surface area contributed by atoms with Crippen LogP contribution >= 0.6 is 0 Å². The molecule has 0 unspecified atom stereocenters. The summed E-state index contributed by atoms with van der Waals surface area (Å²) in [5.74, 6) is -0.821. The van der Waals surface area contributed by atoms with Gasteiger partial charge in [0.2, 0.25) is 5.91 Å². The first kappa shape index (κ1) is 14.0. The van der Waals surface area contributed by atoms with Crippen molar-refractivity contribution < 1.29 is 23.8 Å². The third kappa shape index (κ3) is 6.49. The number of carbonyl (C=O) groups is 2. The molecule has 18 heavy (non-hydrogen) atoms. The number of furan rings is 1. The number of amides is 1. The first-order valence-electron chi connectivity index (χ1n) is 5.47. The predicted octanol–water partition coefficient (Wildman–Crippen LogP) is 0.943. The maximum atomic E-state index is 11.0. The Balaban J connectivity index is 1.98. The summed E-state index contributed by atoms with van der Waals surface area (Å²) in [6.07, 6.45) is 4.00. The number of ether oxygens (including phenoxy) is 1. The molecule has 0 aliphatic rings. The van der Waals surface area contributed by atoms with Crippen LogP contribution in [0.4, 0.5) is 0 Å². The van der Waals surface area contributed by atoms with E-state index in [2.05, 4.69) is 5.32 Å². The molecule has 6 heteroatoms. The van der Waals surface area contributed by atoms with Crippen molar-refractivity contribution in [2.24, 2.45) is 0 Å². The van der Waals surface area contributed by atoms with E-state index in [1.807, 2.05) is 6.07 Å². The maximum Gasteiger partial charge on any atom is 0.328 e. The molecule has 0 saturated heterocycles. The van der Waals surface area contributed by atoms with E-state index >= 15 is 0 Å². The number of hydrogen-bond acceptors (Lipinski definition) is 4. The molecule has 0 aromatic carbocycles. The quantitative estimate of drug-likeness (QED) is 0.531. The third-order valence-electron chi connectivity index (χ3n) is 1.97.